The summed E-state index contributed by atoms with van der Waals surface area (Å²) in [6, 6.07) is 7.44. The summed E-state index contributed by atoms with van der Waals surface area (Å²) in [7, 11) is -1.73. The molecule has 1 aromatic heterocycles. The van der Waals surface area contributed by atoms with Crippen LogP contribution in [0.5, 0.6) is 0 Å². The first-order valence-corrected chi connectivity index (χ1v) is 8.08. The van der Waals surface area contributed by atoms with E-state index in [4.69, 9.17) is 4.42 Å². The fourth-order valence-electron chi connectivity index (χ4n) is 2.46. The molecule has 2 heterocycles. The number of oxazole rings is 1. The molecule has 21 heavy (non-hydrogen) atoms. The fraction of sp³-hybridized carbons (Fsp3) is 0.462. The van der Waals surface area contributed by atoms with E-state index in [1.54, 1.807) is 24.3 Å². The molecule has 0 radical (unpaired) electrons. The first-order valence-electron chi connectivity index (χ1n) is 6.64. The Balaban J connectivity index is 0.00000161. The zero-order chi connectivity index (χ0) is 14.2. The van der Waals surface area contributed by atoms with Crippen LogP contribution in [0, 0.1) is 0 Å². The number of rotatable bonds is 3. The number of aromatic nitrogens is 1. The minimum absolute atomic E-state index is 0. The second-order valence-electron chi connectivity index (χ2n) is 4.91. The van der Waals surface area contributed by atoms with Crippen LogP contribution in [0.1, 0.15) is 12.8 Å². The van der Waals surface area contributed by atoms with E-state index in [-0.39, 0.29) is 17.6 Å². The third kappa shape index (κ3) is 3.06. The van der Waals surface area contributed by atoms with E-state index in [9.17, 15) is 8.42 Å². The Bertz CT molecular complexity index is 675. The molecule has 0 amide bonds. The summed E-state index contributed by atoms with van der Waals surface area (Å²) in [6.45, 7) is 0.985. The van der Waals surface area contributed by atoms with Crippen LogP contribution in [0.25, 0.3) is 11.1 Å². The molecular weight excluding hydrogens is 314 g/mol. The van der Waals surface area contributed by atoms with E-state index in [0.29, 0.717) is 30.2 Å². The van der Waals surface area contributed by atoms with Gasteiger partial charge in [0.15, 0.2) is 5.58 Å². The average molecular weight is 332 g/mol. The van der Waals surface area contributed by atoms with Gasteiger partial charge in [0.1, 0.15) is 5.52 Å². The molecule has 116 valence electrons. The lowest BCUT2D eigenvalue weighted by molar-refractivity contribution is 0.290. The summed E-state index contributed by atoms with van der Waals surface area (Å²) in [6.07, 6.45) is 1.60. The van der Waals surface area contributed by atoms with Crippen molar-refractivity contribution in [3.8, 4) is 0 Å². The van der Waals surface area contributed by atoms with Gasteiger partial charge in [-0.1, -0.05) is 12.1 Å². The first-order chi connectivity index (χ1) is 9.61. The van der Waals surface area contributed by atoms with Crippen molar-refractivity contribution in [3.05, 3.63) is 24.3 Å². The van der Waals surface area contributed by atoms with Crippen molar-refractivity contribution in [2.75, 3.05) is 20.1 Å². The Morgan fingerprint density at radius 2 is 1.95 bits per heavy atom. The van der Waals surface area contributed by atoms with Gasteiger partial charge in [0, 0.05) is 19.1 Å². The minimum Gasteiger partial charge on any atom is -0.427 e. The minimum atomic E-state index is -3.63. The Morgan fingerprint density at radius 1 is 1.29 bits per heavy atom. The van der Waals surface area contributed by atoms with Gasteiger partial charge in [-0.3, -0.25) is 0 Å². The van der Waals surface area contributed by atoms with Gasteiger partial charge in [-0.05, 0) is 32.0 Å². The van der Waals surface area contributed by atoms with Crippen molar-refractivity contribution in [1.29, 1.82) is 0 Å². The molecule has 1 aromatic carbocycles. The molecule has 0 spiro atoms. The Labute approximate surface area is 130 Å². The predicted octanol–water partition coefficient (Wildman–Crippen LogP) is 1.62. The van der Waals surface area contributed by atoms with Crippen LogP contribution in [-0.4, -0.2) is 43.9 Å². The predicted molar refractivity (Wildman–Crippen MR) is 82.1 cm³/mol. The zero-order valence-electron chi connectivity index (χ0n) is 11.7. The molecule has 1 fully saturated rings. The maximum Gasteiger partial charge on any atom is 0.332 e. The van der Waals surface area contributed by atoms with Crippen LogP contribution in [0.3, 0.4) is 0 Å². The number of nitrogens with one attached hydrogen (secondary N) is 1. The van der Waals surface area contributed by atoms with Crippen LogP contribution in [0.4, 0.5) is 0 Å². The Morgan fingerprint density at radius 3 is 2.57 bits per heavy atom. The molecule has 1 saturated heterocycles. The van der Waals surface area contributed by atoms with Gasteiger partial charge in [-0.2, -0.15) is 9.29 Å². The summed E-state index contributed by atoms with van der Waals surface area (Å²) < 4.78 is 31.8. The molecule has 1 aliphatic rings. The number of hydrogen-bond acceptors (Lipinski definition) is 5. The molecule has 8 heteroatoms. The van der Waals surface area contributed by atoms with Gasteiger partial charge in [-0.25, -0.2) is 8.42 Å². The summed E-state index contributed by atoms with van der Waals surface area (Å²) in [5.74, 6) is 0. The number of piperidine rings is 1. The highest BCUT2D eigenvalue weighted by Crippen LogP contribution is 2.23. The van der Waals surface area contributed by atoms with E-state index in [1.165, 1.54) is 4.31 Å². The van der Waals surface area contributed by atoms with E-state index in [0.717, 1.165) is 12.8 Å². The first kappa shape index (κ1) is 16.2. The smallest absolute Gasteiger partial charge is 0.332 e. The molecule has 0 bridgehead atoms. The number of halogens is 1. The molecule has 2 aromatic rings. The highest BCUT2D eigenvalue weighted by molar-refractivity contribution is 7.88. The van der Waals surface area contributed by atoms with Crippen molar-refractivity contribution in [2.45, 2.75) is 24.1 Å². The van der Waals surface area contributed by atoms with E-state index < -0.39 is 10.0 Å². The maximum absolute atomic E-state index is 12.5. The normalized spacial score (nSPS) is 17.8. The summed E-state index contributed by atoms with van der Waals surface area (Å²) in [4.78, 5) is 4.09. The number of hydrogen-bond donors (Lipinski definition) is 1. The maximum atomic E-state index is 12.5. The molecule has 0 unspecified atom stereocenters. The van der Waals surface area contributed by atoms with Gasteiger partial charge < -0.3 is 9.73 Å². The number of sulfonamides is 1. The lowest BCUT2D eigenvalue weighted by atomic mass is 10.1. The Hall–Kier alpha value is -1.15. The van der Waals surface area contributed by atoms with Gasteiger partial charge >= 0.3 is 5.22 Å². The third-order valence-corrected chi connectivity index (χ3v) is 5.36. The van der Waals surface area contributed by atoms with Gasteiger partial charge in [0.2, 0.25) is 0 Å². The number of fused-ring (bicyclic) bond motifs is 1. The SMILES string of the molecule is CNC1CCN(S(=O)(=O)c2nc3ccccc3o2)CC1.Cl. The fourth-order valence-corrected chi connectivity index (χ4v) is 3.78. The topological polar surface area (TPSA) is 75.4 Å². The molecule has 3 rings (SSSR count). The van der Waals surface area contributed by atoms with E-state index >= 15 is 0 Å². The van der Waals surface area contributed by atoms with Gasteiger partial charge in [0.25, 0.3) is 10.0 Å². The molecule has 1 aliphatic heterocycles. The lowest BCUT2D eigenvalue weighted by Gasteiger charge is -2.29. The van der Waals surface area contributed by atoms with E-state index in [2.05, 4.69) is 10.3 Å². The van der Waals surface area contributed by atoms with Crippen LogP contribution in [0.15, 0.2) is 33.9 Å². The van der Waals surface area contributed by atoms with Crippen molar-refractivity contribution in [2.24, 2.45) is 0 Å². The summed E-state index contributed by atoms with van der Waals surface area (Å²) >= 11 is 0. The van der Waals surface area contributed by atoms with Crippen molar-refractivity contribution in [1.82, 2.24) is 14.6 Å². The molecule has 1 N–H and O–H groups in total. The van der Waals surface area contributed by atoms with Crippen molar-refractivity contribution >= 4 is 33.5 Å². The monoisotopic (exact) mass is 331 g/mol. The van der Waals surface area contributed by atoms with Crippen molar-refractivity contribution < 1.29 is 12.8 Å². The number of benzene rings is 1. The zero-order valence-corrected chi connectivity index (χ0v) is 13.3. The lowest BCUT2D eigenvalue weighted by Crippen LogP contribution is -2.43. The third-order valence-electron chi connectivity index (χ3n) is 3.70. The van der Waals surface area contributed by atoms with Gasteiger partial charge in [0.05, 0.1) is 0 Å². The molecular formula is C13H18ClN3O3S. The number of para-hydroxylation sites is 2. The molecule has 6 nitrogen and oxygen atoms in total. The second-order valence-corrected chi connectivity index (χ2v) is 6.73. The van der Waals surface area contributed by atoms with Crippen molar-refractivity contribution in [3.63, 3.8) is 0 Å². The summed E-state index contributed by atoms with van der Waals surface area (Å²) in [5, 5.41) is 2.97. The molecule has 0 atom stereocenters. The Kier molecular flexibility index (Phi) is 4.88. The highest BCUT2D eigenvalue weighted by Gasteiger charge is 2.32. The summed E-state index contributed by atoms with van der Waals surface area (Å²) in [5.41, 5.74) is 1.06. The second kappa shape index (κ2) is 6.31. The standard InChI is InChI=1S/C13H17N3O3S.ClH/c1-14-10-6-8-16(9-7-10)20(17,18)13-15-11-4-2-3-5-12(11)19-13;/h2-5,10,14H,6-9H2,1H3;1H. The highest BCUT2D eigenvalue weighted by atomic mass is 35.5. The van der Waals surface area contributed by atoms with E-state index in [1.807, 2.05) is 7.05 Å². The van der Waals surface area contributed by atoms with Crippen LogP contribution in [0.2, 0.25) is 0 Å². The molecule has 0 saturated carbocycles. The number of nitrogens with zero attached hydrogens (tertiary/aromatic N) is 2. The largest absolute Gasteiger partial charge is 0.427 e. The van der Waals surface area contributed by atoms with Gasteiger partial charge in [-0.15, -0.1) is 12.4 Å². The molecule has 0 aliphatic carbocycles. The van der Waals surface area contributed by atoms with Crippen LogP contribution >= 0.6 is 12.4 Å². The van der Waals surface area contributed by atoms with Crippen LogP contribution in [-0.2, 0) is 10.0 Å². The average Bonchev–Trinajstić information content (AvgIpc) is 2.92. The quantitative estimate of drug-likeness (QED) is 0.925. The van der Waals surface area contributed by atoms with Crippen LogP contribution < -0.4 is 5.32 Å².